The highest BCUT2D eigenvalue weighted by atomic mass is 32.2. The second-order valence-corrected chi connectivity index (χ2v) is 3.13. The molecule has 0 aromatic rings. The van der Waals surface area contributed by atoms with Crippen LogP contribution in [0.25, 0.3) is 0 Å². The van der Waals surface area contributed by atoms with Gasteiger partial charge in [-0.05, 0) is 0 Å². The van der Waals surface area contributed by atoms with Gasteiger partial charge in [-0.25, -0.2) is 0 Å². The SMILES string of the molecule is C1=NCCSCCNC1. The fraction of sp³-hybridized carbons (Fsp3) is 0.833. The maximum Gasteiger partial charge on any atom is 0.0476 e. The molecule has 2 nitrogen and oxygen atoms in total. The smallest absolute Gasteiger partial charge is 0.0476 e. The largest absolute Gasteiger partial charge is 0.311 e. The molecular weight excluding hydrogens is 132 g/mol. The molecule has 0 amide bonds. The lowest BCUT2D eigenvalue weighted by atomic mass is 10.6. The topological polar surface area (TPSA) is 24.4 Å². The summed E-state index contributed by atoms with van der Waals surface area (Å²) in [7, 11) is 0. The van der Waals surface area contributed by atoms with E-state index in [1.807, 2.05) is 18.0 Å². The van der Waals surface area contributed by atoms with E-state index in [0.717, 1.165) is 19.6 Å². The number of aliphatic imine (C=N–C) groups is 1. The van der Waals surface area contributed by atoms with Crippen molar-refractivity contribution in [2.75, 3.05) is 31.1 Å². The van der Waals surface area contributed by atoms with E-state index in [9.17, 15) is 0 Å². The Labute approximate surface area is 60.1 Å². The molecule has 1 rings (SSSR count). The van der Waals surface area contributed by atoms with E-state index in [1.165, 1.54) is 11.5 Å². The van der Waals surface area contributed by atoms with Crippen LogP contribution in [0, 0.1) is 0 Å². The summed E-state index contributed by atoms with van der Waals surface area (Å²) in [5.74, 6) is 2.40. The number of nitrogens with one attached hydrogen (secondary N) is 1. The first-order valence-electron chi connectivity index (χ1n) is 3.27. The molecule has 0 spiro atoms. The summed E-state index contributed by atoms with van der Waals surface area (Å²) >= 11 is 1.97. The maximum absolute atomic E-state index is 4.18. The molecule has 0 aromatic carbocycles. The molecule has 52 valence electrons. The highest BCUT2D eigenvalue weighted by molar-refractivity contribution is 7.99. The highest BCUT2D eigenvalue weighted by Crippen LogP contribution is 1.97. The van der Waals surface area contributed by atoms with Gasteiger partial charge in [0, 0.05) is 37.4 Å². The summed E-state index contributed by atoms with van der Waals surface area (Å²) in [4.78, 5) is 4.18. The molecule has 0 aromatic heterocycles. The lowest BCUT2D eigenvalue weighted by Crippen LogP contribution is -2.18. The fourth-order valence-corrected chi connectivity index (χ4v) is 1.41. The highest BCUT2D eigenvalue weighted by Gasteiger charge is 1.90. The molecule has 3 heteroatoms. The van der Waals surface area contributed by atoms with Crippen LogP contribution >= 0.6 is 11.8 Å². The maximum atomic E-state index is 4.18. The van der Waals surface area contributed by atoms with E-state index in [4.69, 9.17) is 0 Å². The first kappa shape index (κ1) is 7.09. The first-order valence-corrected chi connectivity index (χ1v) is 4.42. The Morgan fingerprint density at radius 1 is 1.44 bits per heavy atom. The average Bonchev–Trinajstić information content (AvgIpc) is 2.00. The van der Waals surface area contributed by atoms with Crippen LogP contribution in [-0.2, 0) is 0 Å². The van der Waals surface area contributed by atoms with Crippen molar-refractivity contribution in [3.05, 3.63) is 0 Å². The summed E-state index contributed by atoms with van der Waals surface area (Å²) in [6.45, 7) is 3.06. The number of nitrogens with zero attached hydrogens (tertiary/aromatic N) is 1. The molecule has 0 atom stereocenters. The minimum Gasteiger partial charge on any atom is -0.311 e. The van der Waals surface area contributed by atoms with Crippen LogP contribution in [0.3, 0.4) is 0 Å². The van der Waals surface area contributed by atoms with Crippen LogP contribution in [0.5, 0.6) is 0 Å². The van der Waals surface area contributed by atoms with Crippen LogP contribution in [0.15, 0.2) is 4.99 Å². The Morgan fingerprint density at radius 2 is 2.44 bits per heavy atom. The molecule has 0 saturated carbocycles. The van der Waals surface area contributed by atoms with Gasteiger partial charge in [0.2, 0.25) is 0 Å². The summed E-state index contributed by atoms with van der Waals surface area (Å²) in [6.07, 6.45) is 1.96. The summed E-state index contributed by atoms with van der Waals surface area (Å²) in [6, 6.07) is 0. The van der Waals surface area contributed by atoms with Gasteiger partial charge in [0.1, 0.15) is 0 Å². The van der Waals surface area contributed by atoms with Gasteiger partial charge in [-0.3, -0.25) is 4.99 Å². The van der Waals surface area contributed by atoms with Crippen molar-refractivity contribution in [3.8, 4) is 0 Å². The van der Waals surface area contributed by atoms with Crippen LogP contribution in [-0.4, -0.2) is 37.4 Å². The van der Waals surface area contributed by atoms with Crippen LogP contribution < -0.4 is 5.32 Å². The van der Waals surface area contributed by atoms with E-state index in [-0.39, 0.29) is 0 Å². The second-order valence-electron chi connectivity index (χ2n) is 1.91. The molecule has 9 heavy (non-hydrogen) atoms. The third-order valence-corrected chi connectivity index (χ3v) is 2.12. The van der Waals surface area contributed by atoms with Crippen LogP contribution in [0.1, 0.15) is 0 Å². The van der Waals surface area contributed by atoms with Gasteiger partial charge in [0.15, 0.2) is 0 Å². The minimum atomic E-state index is 0.945. The molecule has 1 aliphatic heterocycles. The van der Waals surface area contributed by atoms with Crippen molar-refractivity contribution in [3.63, 3.8) is 0 Å². The summed E-state index contributed by atoms with van der Waals surface area (Å²) < 4.78 is 0. The van der Waals surface area contributed by atoms with Gasteiger partial charge in [-0.15, -0.1) is 0 Å². The van der Waals surface area contributed by atoms with E-state index in [1.54, 1.807) is 0 Å². The monoisotopic (exact) mass is 144 g/mol. The third kappa shape index (κ3) is 3.54. The lowest BCUT2D eigenvalue weighted by molar-refractivity contribution is 0.832. The zero-order valence-corrected chi connectivity index (χ0v) is 6.28. The van der Waals surface area contributed by atoms with Crippen molar-refractivity contribution in [1.29, 1.82) is 0 Å². The number of thioether (sulfide) groups is 1. The van der Waals surface area contributed by atoms with Gasteiger partial charge in [0.05, 0.1) is 0 Å². The molecule has 1 aliphatic rings. The lowest BCUT2D eigenvalue weighted by Gasteiger charge is -1.96. The van der Waals surface area contributed by atoms with Gasteiger partial charge in [0.25, 0.3) is 0 Å². The third-order valence-electron chi connectivity index (χ3n) is 1.15. The molecule has 0 aliphatic carbocycles. The molecule has 1 heterocycles. The van der Waals surface area contributed by atoms with E-state index >= 15 is 0 Å². The number of hydrogen-bond acceptors (Lipinski definition) is 3. The molecule has 0 fully saturated rings. The Morgan fingerprint density at radius 3 is 3.44 bits per heavy atom. The standard InChI is InChI=1S/C6H12N2S/c1-2-8-4-6-9-5-3-7-1/h1,8H,2-6H2. The molecule has 1 N–H and O–H groups in total. The zero-order valence-electron chi connectivity index (χ0n) is 5.47. The Hall–Kier alpha value is -0.0200. The van der Waals surface area contributed by atoms with Crippen molar-refractivity contribution in [1.82, 2.24) is 5.32 Å². The predicted molar refractivity (Wildman–Crippen MR) is 43.6 cm³/mol. The van der Waals surface area contributed by atoms with Crippen molar-refractivity contribution in [2.45, 2.75) is 0 Å². The molecular formula is C6H12N2S. The van der Waals surface area contributed by atoms with E-state index < -0.39 is 0 Å². The fourth-order valence-electron chi connectivity index (χ4n) is 0.686. The number of rotatable bonds is 0. The van der Waals surface area contributed by atoms with E-state index in [2.05, 4.69) is 10.3 Å². The quantitative estimate of drug-likeness (QED) is 0.532. The molecule has 0 radical (unpaired) electrons. The van der Waals surface area contributed by atoms with Gasteiger partial charge >= 0.3 is 0 Å². The van der Waals surface area contributed by atoms with Crippen molar-refractivity contribution < 1.29 is 0 Å². The molecule has 0 saturated heterocycles. The van der Waals surface area contributed by atoms with Gasteiger partial charge in [-0.1, -0.05) is 0 Å². The minimum absolute atomic E-state index is 0.945. The number of hydrogen-bond donors (Lipinski definition) is 1. The Bertz CT molecular complexity index is 83.1. The van der Waals surface area contributed by atoms with Crippen LogP contribution in [0.2, 0.25) is 0 Å². The summed E-state index contributed by atoms with van der Waals surface area (Å²) in [5, 5.41) is 3.26. The Balaban J connectivity index is 2.15. The summed E-state index contributed by atoms with van der Waals surface area (Å²) in [5.41, 5.74) is 0. The second kappa shape index (κ2) is 4.82. The van der Waals surface area contributed by atoms with Gasteiger partial charge in [-0.2, -0.15) is 11.8 Å². The van der Waals surface area contributed by atoms with Crippen LogP contribution in [0.4, 0.5) is 0 Å². The van der Waals surface area contributed by atoms with Gasteiger partial charge < -0.3 is 5.32 Å². The molecule has 0 bridgehead atoms. The average molecular weight is 144 g/mol. The normalized spacial score (nSPS) is 22.2. The first-order chi connectivity index (χ1) is 4.50. The molecule has 0 unspecified atom stereocenters. The van der Waals surface area contributed by atoms with Crippen molar-refractivity contribution in [2.24, 2.45) is 4.99 Å². The zero-order chi connectivity index (χ0) is 6.36. The predicted octanol–water partition coefficient (Wildman–Crippen LogP) is 0.394. The van der Waals surface area contributed by atoms with E-state index in [0.29, 0.717) is 0 Å². The Kier molecular flexibility index (Phi) is 3.80. The van der Waals surface area contributed by atoms with Crippen molar-refractivity contribution >= 4 is 18.0 Å².